The van der Waals surface area contributed by atoms with E-state index >= 15 is 0 Å². The van der Waals surface area contributed by atoms with Crippen LogP contribution < -0.4 is 0 Å². The van der Waals surface area contributed by atoms with Crippen molar-refractivity contribution in [2.24, 2.45) is 0 Å². The van der Waals surface area contributed by atoms with Crippen LogP contribution in [0.3, 0.4) is 0 Å². The summed E-state index contributed by atoms with van der Waals surface area (Å²) in [7, 11) is 0. The van der Waals surface area contributed by atoms with Gasteiger partial charge < -0.3 is 9.63 Å². The lowest BCUT2D eigenvalue weighted by Crippen LogP contribution is -2.07. The quantitative estimate of drug-likeness (QED) is 0.774. The third-order valence-corrected chi connectivity index (χ3v) is 3.69. The summed E-state index contributed by atoms with van der Waals surface area (Å²) >= 11 is 0. The van der Waals surface area contributed by atoms with E-state index in [0.717, 1.165) is 23.5 Å². The van der Waals surface area contributed by atoms with Gasteiger partial charge in [-0.05, 0) is 26.8 Å². The Hall–Kier alpha value is -2.90. The molecule has 0 saturated carbocycles. The molecule has 0 aliphatic heterocycles. The molecule has 0 aliphatic rings. The molecule has 0 unspecified atom stereocenters. The van der Waals surface area contributed by atoms with Crippen LogP contribution in [0.15, 0.2) is 23.0 Å². The van der Waals surface area contributed by atoms with E-state index in [1.54, 1.807) is 17.8 Å². The van der Waals surface area contributed by atoms with Crippen molar-refractivity contribution in [1.82, 2.24) is 24.7 Å². The molecular formula is C15H17N5O3. The summed E-state index contributed by atoms with van der Waals surface area (Å²) in [6.45, 7) is 6.74. The number of rotatable bonds is 5. The summed E-state index contributed by atoms with van der Waals surface area (Å²) in [5.74, 6) is -0.626. The van der Waals surface area contributed by atoms with Crippen LogP contribution in [0.4, 0.5) is 0 Å². The number of carboxylic acid groups (broad SMARTS) is 1. The second-order valence-corrected chi connectivity index (χ2v) is 5.25. The van der Waals surface area contributed by atoms with Gasteiger partial charge in [-0.2, -0.15) is 10.2 Å². The Balaban J connectivity index is 1.89. The van der Waals surface area contributed by atoms with E-state index in [9.17, 15) is 4.79 Å². The molecule has 23 heavy (non-hydrogen) atoms. The smallest absolute Gasteiger partial charge is 0.358 e. The van der Waals surface area contributed by atoms with Crippen LogP contribution in [-0.4, -0.2) is 35.8 Å². The van der Waals surface area contributed by atoms with Gasteiger partial charge in [0.2, 0.25) is 0 Å². The average molecular weight is 315 g/mol. The maximum atomic E-state index is 11.2. The highest BCUT2D eigenvalue weighted by molar-refractivity contribution is 5.87. The molecule has 0 saturated heterocycles. The fourth-order valence-electron chi connectivity index (χ4n) is 2.43. The lowest BCUT2D eigenvalue weighted by molar-refractivity contribution is 0.0684. The van der Waals surface area contributed by atoms with Crippen molar-refractivity contribution in [2.75, 3.05) is 0 Å². The van der Waals surface area contributed by atoms with E-state index in [1.807, 2.05) is 30.8 Å². The number of hydrogen-bond acceptors (Lipinski definition) is 5. The number of aryl methyl sites for hydroxylation is 3. The molecule has 8 nitrogen and oxygen atoms in total. The lowest BCUT2D eigenvalue weighted by Gasteiger charge is -2.00. The van der Waals surface area contributed by atoms with Crippen LogP contribution in [0.25, 0.3) is 11.3 Å². The topological polar surface area (TPSA) is 99.0 Å². The average Bonchev–Trinajstić information content (AvgIpc) is 3.19. The summed E-state index contributed by atoms with van der Waals surface area (Å²) in [4.78, 5) is 11.2. The van der Waals surface area contributed by atoms with E-state index in [1.165, 1.54) is 0 Å². The van der Waals surface area contributed by atoms with Crippen molar-refractivity contribution < 1.29 is 14.4 Å². The molecule has 3 aromatic heterocycles. The van der Waals surface area contributed by atoms with E-state index in [0.29, 0.717) is 11.3 Å². The number of aromatic carboxylic acids is 1. The Morgan fingerprint density at radius 3 is 2.74 bits per heavy atom. The van der Waals surface area contributed by atoms with E-state index in [4.69, 9.17) is 9.63 Å². The van der Waals surface area contributed by atoms with Gasteiger partial charge in [0, 0.05) is 24.5 Å². The summed E-state index contributed by atoms with van der Waals surface area (Å²) < 4.78 is 8.50. The van der Waals surface area contributed by atoms with Gasteiger partial charge in [-0.1, -0.05) is 5.16 Å². The zero-order valence-electron chi connectivity index (χ0n) is 13.1. The molecule has 0 radical (unpaired) electrons. The number of carboxylic acids is 1. The maximum Gasteiger partial charge on any atom is 0.358 e. The molecule has 1 N–H and O–H groups in total. The van der Waals surface area contributed by atoms with Gasteiger partial charge in [0.25, 0.3) is 0 Å². The molecular weight excluding hydrogens is 298 g/mol. The minimum atomic E-state index is -1.11. The Morgan fingerprint density at radius 1 is 1.30 bits per heavy atom. The molecule has 0 fully saturated rings. The molecule has 8 heteroatoms. The maximum absolute atomic E-state index is 11.2. The van der Waals surface area contributed by atoms with Crippen LogP contribution in [-0.2, 0) is 13.1 Å². The standard InChI is InChI=1S/C15H17N5O3/c1-4-19-7-11(9(2)16-19)13-5-6-20(17-13)8-12-10(3)23-18-14(12)15(21)22/h5-7H,4,8H2,1-3H3,(H,21,22). The highest BCUT2D eigenvalue weighted by Gasteiger charge is 2.20. The minimum Gasteiger partial charge on any atom is -0.476 e. The monoisotopic (exact) mass is 315 g/mol. The molecule has 0 spiro atoms. The fourth-order valence-corrected chi connectivity index (χ4v) is 2.43. The van der Waals surface area contributed by atoms with Crippen LogP contribution in [0.1, 0.15) is 34.4 Å². The van der Waals surface area contributed by atoms with E-state index in [2.05, 4.69) is 15.4 Å². The second-order valence-electron chi connectivity index (χ2n) is 5.25. The van der Waals surface area contributed by atoms with Crippen LogP contribution in [0, 0.1) is 13.8 Å². The predicted octanol–water partition coefficient (Wildman–Crippen LogP) is 2.12. The second kappa shape index (κ2) is 5.71. The van der Waals surface area contributed by atoms with Crippen LogP contribution >= 0.6 is 0 Å². The molecule has 0 aromatic carbocycles. The SMILES string of the molecule is CCn1cc(-c2ccn(Cc3c(C(=O)O)noc3C)n2)c(C)n1. The van der Waals surface area contributed by atoms with Gasteiger partial charge in [-0.3, -0.25) is 9.36 Å². The summed E-state index contributed by atoms with van der Waals surface area (Å²) in [6.07, 6.45) is 3.76. The predicted molar refractivity (Wildman–Crippen MR) is 81.2 cm³/mol. The highest BCUT2D eigenvalue weighted by atomic mass is 16.5. The Morgan fingerprint density at radius 2 is 2.09 bits per heavy atom. The Bertz CT molecular complexity index is 858. The first-order valence-electron chi connectivity index (χ1n) is 7.26. The van der Waals surface area contributed by atoms with Gasteiger partial charge in [-0.25, -0.2) is 4.79 Å². The molecule has 0 bridgehead atoms. The van der Waals surface area contributed by atoms with Crippen molar-refractivity contribution >= 4 is 5.97 Å². The van der Waals surface area contributed by atoms with Gasteiger partial charge in [-0.15, -0.1) is 0 Å². The third-order valence-electron chi connectivity index (χ3n) is 3.69. The highest BCUT2D eigenvalue weighted by Crippen LogP contribution is 2.21. The normalized spacial score (nSPS) is 11.1. The van der Waals surface area contributed by atoms with Crippen molar-refractivity contribution in [1.29, 1.82) is 0 Å². The van der Waals surface area contributed by atoms with Gasteiger partial charge in [0.05, 0.1) is 23.5 Å². The molecule has 3 aromatic rings. The molecule has 3 rings (SSSR count). The third kappa shape index (κ3) is 2.75. The zero-order valence-corrected chi connectivity index (χ0v) is 13.1. The Kier molecular flexibility index (Phi) is 3.73. The first-order chi connectivity index (χ1) is 11.0. The van der Waals surface area contributed by atoms with Crippen molar-refractivity contribution in [3.63, 3.8) is 0 Å². The lowest BCUT2D eigenvalue weighted by atomic mass is 10.2. The molecule has 0 amide bonds. The number of hydrogen-bond donors (Lipinski definition) is 1. The molecule has 0 aliphatic carbocycles. The minimum absolute atomic E-state index is 0.0745. The Labute approximate surface area is 132 Å². The first-order valence-corrected chi connectivity index (χ1v) is 7.26. The fraction of sp³-hybridized carbons (Fsp3) is 0.333. The summed E-state index contributed by atoms with van der Waals surface area (Å²) in [5.41, 5.74) is 3.12. The van der Waals surface area contributed by atoms with Crippen molar-refractivity contribution in [3.8, 4) is 11.3 Å². The zero-order chi connectivity index (χ0) is 16.6. The van der Waals surface area contributed by atoms with E-state index in [-0.39, 0.29) is 12.2 Å². The molecule has 3 heterocycles. The van der Waals surface area contributed by atoms with Crippen molar-refractivity contribution in [2.45, 2.75) is 33.9 Å². The van der Waals surface area contributed by atoms with E-state index < -0.39 is 5.97 Å². The summed E-state index contributed by atoms with van der Waals surface area (Å²) in [5, 5.41) is 21.6. The number of carbonyl (C=O) groups is 1. The van der Waals surface area contributed by atoms with Gasteiger partial charge in [0.15, 0.2) is 5.69 Å². The largest absolute Gasteiger partial charge is 0.476 e. The first kappa shape index (κ1) is 15.0. The number of nitrogens with zero attached hydrogens (tertiary/aromatic N) is 5. The van der Waals surface area contributed by atoms with Crippen LogP contribution in [0.5, 0.6) is 0 Å². The molecule has 120 valence electrons. The molecule has 0 atom stereocenters. The van der Waals surface area contributed by atoms with Gasteiger partial charge in [0.1, 0.15) is 5.76 Å². The van der Waals surface area contributed by atoms with Crippen LogP contribution in [0.2, 0.25) is 0 Å². The number of aromatic nitrogens is 5. The van der Waals surface area contributed by atoms with Crippen molar-refractivity contribution in [3.05, 3.63) is 41.2 Å². The van der Waals surface area contributed by atoms with Gasteiger partial charge >= 0.3 is 5.97 Å². The summed E-state index contributed by atoms with van der Waals surface area (Å²) in [6, 6.07) is 1.88.